The van der Waals surface area contributed by atoms with E-state index < -0.39 is 0 Å². The van der Waals surface area contributed by atoms with E-state index in [4.69, 9.17) is 0 Å². The monoisotopic (exact) mass is 497 g/mol. The van der Waals surface area contributed by atoms with Crippen LogP contribution in [0.4, 0.5) is 0 Å². The normalized spacial score (nSPS) is 14.9. The predicted molar refractivity (Wildman–Crippen MR) is 108 cm³/mol. The van der Waals surface area contributed by atoms with Crippen LogP contribution in [0.5, 0.6) is 0 Å². The first kappa shape index (κ1) is 13.8. The summed E-state index contributed by atoms with van der Waals surface area (Å²) in [4.78, 5) is 0. The van der Waals surface area contributed by atoms with Crippen LogP contribution in [-0.2, 0) is 0 Å². The molecule has 0 N–H and O–H groups in total. The molecule has 104 valence electrons. The predicted octanol–water partition coefficient (Wildman–Crippen LogP) is 6.19. The van der Waals surface area contributed by atoms with Crippen molar-refractivity contribution in [2.45, 2.75) is 12.8 Å². The Morgan fingerprint density at radius 2 is 1.48 bits per heavy atom. The van der Waals surface area contributed by atoms with Gasteiger partial charge < -0.3 is 4.57 Å². The molecule has 0 fully saturated rings. The number of fused-ring (bicyclic) bond motifs is 3. The lowest BCUT2D eigenvalue weighted by Gasteiger charge is -2.13. The van der Waals surface area contributed by atoms with Crippen molar-refractivity contribution in [2.24, 2.45) is 0 Å². The molecule has 2 aromatic carbocycles. The summed E-state index contributed by atoms with van der Waals surface area (Å²) in [5.41, 5.74) is 4.02. The van der Waals surface area contributed by atoms with E-state index in [-0.39, 0.29) is 0 Å². The maximum Gasteiger partial charge on any atom is 0.0538 e. The molecule has 1 aliphatic rings. The molecule has 1 heterocycles. The molecule has 21 heavy (non-hydrogen) atoms. The van der Waals surface area contributed by atoms with Crippen molar-refractivity contribution in [1.82, 2.24) is 4.57 Å². The lowest BCUT2D eigenvalue weighted by atomic mass is 10.1. The van der Waals surface area contributed by atoms with E-state index in [1.165, 1.54) is 34.6 Å². The summed E-state index contributed by atoms with van der Waals surface area (Å²) in [5, 5.41) is 2.71. The Hall–Kier alpha value is -0.820. The molecular formula is C18H13I2N. The highest BCUT2D eigenvalue weighted by Crippen LogP contribution is 2.35. The molecule has 3 heteroatoms. The van der Waals surface area contributed by atoms with Gasteiger partial charge in [-0.05, 0) is 100 Å². The Morgan fingerprint density at radius 1 is 0.857 bits per heavy atom. The summed E-state index contributed by atoms with van der Waals surface area (Å²) in [6.07, 6.45) is 8.90. The second-order valence-corrected chi connectivity index (χ2v) is 7.77. The number of allylic oxidation sites excluding steroid dienone is 4. The van der Waals surface area contributed by atoms with Crippen LogP contribution in [0, 0.1) is 7.14 Å². The maximum atomic E-state index is 2.43. The standard InChI is InChI=1S/C18H13I2N/c19-12-6-8-17-15(10-12)16-11-13(20)7-9-18(16)21(17)14-4-2-1-3-5-14/h1-2,4,6-11H,3,5H2. The van der Waals surface area contributed by atoms with Gasteiger partial charge in [-0.15, -0.1) is 0 Å². The first-order chi connectivity index (χ1) is 10.2. The van der Waals surface area contributed by atoms with E-state index in [0.29, 0.717) is 0 Å². The summed E-state index contributed by atoms with van der Waals surface area (Å²) in [5.74, 6) is 0. The maximum absolute atomic E-state index is 2.43. The van der Waals surface area contributed by atoms with Gasteiger partial charge in [0.15, 0.2) is 0 Å². The summed E-state index contributed by atoms with van der Waals surface area (Å²) >= 11 is 4.79. The van der Waals surface area contributed by atoms with E-state index in [0.717, 1.165) is 12.8 Å². The van der Waals surface area contributed by atoms with Gasteiger partial charge in [-0.2, -0.15) is 0 Å². The number of hydrogen-bond donors (Lipinski definition) is 0. The molecule has 0 saturated carbocycles. The highest BCUT2D eigenvalue weighted by atomic mass is 127. The van der Waals surface area contributed by atoms with Crippen molar-refractivity contribution in [1.29, 1.82) is 0 Å². The quantitative estimate of drug-likeness (QED) is 0.354. The zero-order chi connectivity index (χ0) is 14.4. The average Bonchev–Trinajstić information content (AvgIpc) is 2.81. The van der Waals surface area contributed by atoms with Crippen molar-refractivity contribution in [3.8, 4) is 0 Å². The largest absolute Gasteiger partial charge is 0.313 e. The number of halogens is 2. The zero-order valence-electron chi connectivity index (χ0n) is 11.3. The summed E-state index contributed by atoms with van der Waals surface area (Å²) in [7, 11) is 0. The summed E-state index contributed by atoms with van der Waals surface area (Å²) in [6, 6.07) is 13.5. The van der Waals surface area contributed by atoms with Gasteiger partial charge >= 0.3 is 0 Å². The van der Waals surface area contributed by atoms with Crippen LogP contribution in [0.1, 0.15) is 12.8 Å². The molecule has 0 atom stereocenters. The third-order valence-corrected chi connectivity index (χ3v) is 5.31. The molecule has 1 nitrogen and oxygen atoms in total. The minimum absolute atomic E-state index is 1.10. The molecular weight excluding hydrogens is 484 g/mol. The minimum Gasteiger partial charge on any atom is -0.313 e. The van der Waals surface area contributed by atoms with Gasteiger partial charge in [0.05, 0.1) is 11.0 Å². The number of benzene rings is 2. The van der Waals surface area contributed by atoms with Gasteiger partial charge in [0.1, 0.15) is 0 Å². The number of hydrogen-bond acceptors (Lipinski definition) is 0. The van der Waals surface area contributed by atoms with Crippen LogP contribution in [0.3, 0.4) is 0 Å². The van der Waals surface area contributed by atoms with Gasteiger partial charge in [-0.1, -0.05) is 12.2 Å². The van der Waals surface area contributed by atoms with Gasteiger partial charge in [0.25, 0.3) is 0 Å². The third-order valence-electron chi connectivity index (χ3n) is 3.97. The van der Waals surface area contributed by atoms with E-state index in [2.05, 4.69) is 104 Å². The van der Waals surface area contributed by atoms with Crippen LogP contribution in [0.15, 0.2) is 54.6 Å². The van der Waals surface area contributed by atoms with Crippen LogP contribution in [-0.4, -0.2) is 4.57 Å². The first-order valence-corrected chi connectivity index (χ1v) is 9.15. The molecule has 3 aromatic rings. The number of rotatable bonds is 1. The molecule has 0 amide bonds. The molecule has 0 radical (unpaired) electrons. The second-order valence-electron chi connectivity index (χ2n) is 5.28. The SMILES string of the molecule is Ic1ccc2c(c1)c1cc(I)ccc1n2C1=CC=CCC1. The van der Waals surface area contributed by atoms with Gasteiger partial charge in [0, 0.05) is 23.6 Å². The van der Waals surface area contributed by atoms with Crippen LogP contribution in [0.2, 0.25) is 0 Å². The molecule has 1 aliphatic carbocycles. The molecule has 0 aliphatic heterocycles. The lowest BCUT2D eigenvalue weighted by Crippen LogP contribution is -1.98. The van der Waals surface area contributed by atoms with Gasteiger partial charge in [-0.3, -0.25) is 0 Å². The average molecular weight is 497 g/mol. The van der Waals surface area contributed by atoms with Crippen molar-refractivity contribution < 1.29 is 0 Å². The molecule has 1 aromatic heterocycles. The summed E-state index contributed by atoms with van der Waals surface area (Å²) < 4.78 is 5.01. The molecule has 0 bridgehead atoms. The molecule has 0 saturated heterocycles. The fourth-order valence-electron chi connectivity index (χ4n) is 3.05. The van der Waals surface area contributed by atoms with Crippen molar-refractivity contribution in [3.05, 3.63) is 61.8 Å². The molecule has 4 rings (SSSR count). The van der Waals surface area contributed by atoms with Crippen LogP contribution in [0.25, 0.3) is 27.5 Å². The third kappa shape index (κ3) is 2.34. The van der Waals surface area contributed by atoms with Crippen LogP contribution < -0.4 is 0 Å². The van der Waals surface area contributed by atoms with E-state index in [1.54, 1.807) is 0 Å². The van der Waals surface area contributed by atoms with E-state index >= 15 is 0 Å². The smallest absolute Gasteiger partial charge is 0.0538 e. The van der Waals surface area contributed by atoms with E-state index in [1.807, 2.05) is 0 Å². The van der Waals surface area contributed by atoms with Crippen LogP contribution >= 0.6 is 45.2 Å². The number of aromatic nitrogens is 1. The lowest BCUT2D eigenvalue weighted by molar-refractivity contribution is 0.979. The summed E-state index contributed by atoms with van der Waals surface area (Å²) in [6.45, 7) is 0. The van der Waals surface area contributed by atoms with E-state index in [9.17, 15) is 0 Å². The fourth-order valence-corrected chi connectivity index (χ4v) is 4.04. The van der Waals surface area contributed by atoms with Crippen molar-refractivity contribution in [2.75, 3.05) is 0 Å². The van der Waals surface area contributed by atoms with Gasteiger partial charge in [0.2, 0.25) is 0 Å². The Bertz CT molecular complexity index is 857. The highest BCUT2D eigenvalue weighted by molar-refractivity contribution is 14.1. The van der Waals surface area contributed by atoms with Gasteiger partial charge in [-0.25, -0.2) is 0 Å². The zero-order valence-corrected chi connectivity index (χ0v) is 15.6. The molecule has 0 unspecified atom stereocenters. The number of nitrogens with zero attached hydrogens (tertiary/aromatic N) is 1. The second kappa shape index (κ2) is 5.43. The first-order valence-electron chi connectivity index (χ1n) is 6.99. The van der Waals surface area contributed by atoms with Crippen molar-refractivity contribution in [3.63, 3.8) is 0 Å². The topological polar surface area (TPSA) is 4.93 Å². The minimum atomic E-state index is 1.10. The highest BCUT2D eigenvalue weighted by Gasteiger charge is 2.14. The Morgan fingerprint density at radius 3 is 2.00 bits per heavy atom. The van der Waals surface area contributed by atoms with Crippen molar-refractivity contribution >= 4 is 72.7 Å². The Balaban J connectivity index is 2.16. The fraction of sp³-hybridized carbons (Fsp3) is 0.111. The molecule has 0 spiro atoms. The Labute approximate surface area is 151 Å². The Kier molecular flexibility index (Phi) is 3.57.